The van der Waals surface area contributed by atoms with Crippen LogP contribution in [0, 0.1) is 6.92 Å². The van der Waals surface area contributed by atoms with Gasteiger partial charge in [0.1, 0.15) is 12.6 Å². The molecular formula is C28H28N2O5. The van der Waals surface area contributed by atoms with Gasteiger partial charge in [0.05, 0.1) is 6.42 Å². The van der Waals surface area contributed by atoms with Gasteiger partial charge in [-0.3, -0.25) is 9.59 Å². The number of hydrogen-bond donors (Lipinski definition) is 2. The van der Waals surface area contributed by atoms with Crippen LogP contribution in [0.2, 0.25) is 0 Å². The summed E-state index contributed by atoms with van der Waals surface area (Å²) in [5.41, 5.74) is 5.91. The normalized spacial score (nSPS) is 12.9. The summed E-state index contributed by atoms with van der Waals surface area (Å²) in [6, 6.07) is 22.4. The number of carboxylic acids is 1. The molecule has 1 atom stereocenters. The minimum atomic E-state index is -1.01. The van der Waals surface area contributed by atoms with Crippen LogP contribution in [0.15, 0.2) is 72.8 Å². The Hall–Kier alpha value is -4.13. The van der Waals surface area contributed by atoms with Crippen LogP contribution in [0.25, 0.3) is 11.1 Å². The van der Waals surface area contributed by atoms with Gasteiger partial charge in [0.25, 0.3) is 0 Å². The second-order valence-electron chi connectivity index (χ2n) is 8.61. The Labute approximate surface area is 204 Å². The first-order valence-corrected chi connectivity index (χ1v) is 11.6. The monoisotopic (exact) mass is 472 g/mol. The van der Waals surface area contributed by atoms with Gasteiger partial charge in [0.2, 0.25) is 5.91 Å². The smallest absolute Gasteiger partial charge is 0.407 e. The Morgan fingerprint density at radius 1 is 0.943 bits per heavy atom. The number of aryl methyl sites for hydroxylation is 1. The predicted molar refractivity (Wildman–Crippen MR) is 133 cm³/mol. The Kier molecular flexibility index (Phi) is 7.15. The van der Waals surface area contributed by atoms with E-state index in [1.807, 2.05) is 55.5 Å². The molecule has 4 rings (SSSR count). The number of nitrogens with one attached hydrogen (secondary N) is 1. The number of amides is 2. The Bertz CT molecular complexity index is 1210. The Balaban J connectivity index is 1.43. The standard InChI is InChI=1S/C28H28N2O5/c1-18-9-3-8-14-25(18)30(16-15-26(31)32)27(33)19(2)29-28(34)35-17-24-22-12-6-4-10-20(22)21-11-5-7-13-23(21)24/h3-14,19,24H,15-17H2,1-2H3,(H,29,34)(H,31,32)/t19-/m0/s1. The molecule has 1 aliphatic rings. The number of alkyl carbamates (subject to hydrolysis) is 1. The van der Waals surface area contributed by atoms with Crippen LogP contribution in [-0.4, -0.2) is 42.3 Å². The number of rotatable bonds is 8. The summed E-state index contributed by atoms with van der Waals surface area (Å²) in [4.78, 5) is 38.4. The molecule has 0 heterocycles. The van der Waals surface area contributed by atoms with Crippen molar-refractivity contribution in [2.45, 2.75) is 32.2 Å². The lowest BCUT2D eigenvalue weighted by Gasteiger charge is -2.27. The van der Waals surface area contributed by atoms with E-state index in [1.54, 1.807) is 19.1 Å². The van der Waals surface area contributed by atoms with E-state index in [0.29, 0.717) is 5.69 Å². The van der Waals surface area contributed by atoms with Gasteiger partial charge in [-0.25, -0.2) is 4.79 Å². The maximum Gasteiger partial charge on any atom is 0.407 e. The van der Waals surface area contributed by atoms with E-state index in [4.69, 9.17) is 9.84 Å². The summed E-state index contributed by atoms with van der Waals surface area (Å²) in [6.45, 7) is 3.55. The first-order chi connectivity index (χ1) is 16.9. The molecule has 0 radical (unpaired) electrons. The van der Waals surface area contributed by atoms with Crippen LogP contribution >= 0.6 is 0 Å². The third-order valence-corrected chi connectivity index (χ3v) is 6.27. The highest BCUT2D eigenvalue weighted by Crippen LogP contribution is 2.44. The molecule has 180 valence electrons. The van der Waals surface area contributed by atoms with Crippen molar-refractivity contribution in [1.29, 1.82) is 0 Å². The summed E-state index contributed by atoms with van der Waals surface area (Å²) in [5, 5.41) is 11.7. The zero-order chi connectivity index (χ0) is 24.9. The van der Waals surface area contributed by atoms with Gasteiger partial charge in [-0.2, -0.15) is 0 Å². The highest BCUT2D eigenvalue weighted by molar-refractivity contribution is 5.99. The first kappa shape index (κ1) is 24.0. The molecular weight excluding hydrogens is 444 g/mol. The minimum Gasteiger partial charge on any atom is -0.481 e. The molecule has 7 heteroatoms. The van der Waals surface area contributed by atoms with Crippen molar-refractivity contribution < 1.29 is 24.2 Å². The van der Waals surface area contributed by atoms with E-state index >= 15 is 0 Å². The zero-order valence-corrected chi connectivity index (χ0v) is 19.7. The molecule has 0 saturated carbocycles. The molecule has 3 aromatic rings. The van der Waals surface area contributed by atoms with Crippen molar-refractivity contribution in [3.63, 3.8) is 0 Å². The van der Waals surface area contributed by atoms with Gasteiger partial charge in [0, 0.05) is 18.2 Å². The number of ether oxygens (including phenoxy) is 1. The van der Waals surface area contributed by atoms with Crippen molar-refractivity contribution in [2.24, 2.45) is 0 Å². The van der Waals surface area contributed by atoms with Crippen molar-refractivity contribution in [2.75, 3.05) is 18.1 Å². The highest BCUT2D eigenvalue weighted by atomic mass is 16.5. The van der Waals surface area contributed by atoms with Gasteiger partial charge in [-0.05, 0) is 47.7 Å². The van der Waals surface area contributed by atoms with Crippen LogP contribution in [0.4, 0.5) is 10.5 Å². The molecule has 0 bridgehead atoms. The molecule has 1 aliphatic carbocycles. The third kappa shape index (κ3) is 5.19. The van der Waals surface area contributed by atoms with E-state index in [9.17, 15) is 14.4 Å². The number of carbonyl (C=O) groups excluding carboxylic acids is 2. The summed E-state index contributed by atoms with van der Waals surface area (Å²) in [5.74, 6) is -1.50. The number of hydrogen-bond acceptors (Lipinski definition) is 4. The van der Waals surface area contributed by atoms with E-state index in [0.717, 1.165) is 27.8 Å². The quantitative estimate of drug-likeness (QED) is 0.494. The van der Waals surface area contributed by atoms with Crippen molar-refractivity contribution in [3.8, 4) is 11.1 Å². The molecule has 0 aromatic heterocycles. The van der Waals surface area contributed by atoms with Crippen LogP contribution < -0.4 is 10.2 Å². The number of anilines is 1. The molecule has 0 aliphatic heterocycles. The largest absolute Gasteiger partial charge is 0.481 e. The number of para-hydroxylation sites is 1. The maximum absolute atomic E-state index is 13.2. The van der Waals surface area contributed by atoms with Gasteiger partial charge in [-0.15, -0.1) is 0 Å². The second-order valence-corrected chi connectivity index (χ2v) is 8.61. The molecule has 0 spiro atoms. The highest BCUT2D eigenvalue weighted by Gasteiger charge is 2.30. The van der Waals surface area contributed by atoms with Crippen LogP contribution in [0.3, 0.4) is 0 Å². The minimum absolute atomic E-state index is 0.00424. The molecule has 7 nitrogen and oxygen atoms in total. The van der Waals surface area contributed by atoms with E-state index in [1.165, 1.54) is 4.90 Å². The molecule has 0 saturated heterocycles. The molecule has 0 fully saturated rings. The number of carbonyl (C=O) groups is 3. The molecule has 2 amide bonds. The lowest BCUT2D eigenvalue weighted by atomic mass is 9.98. The lowest BCUT2D eigenvalue weighted by molar-refractivity contribution is -0.136. The van der Waals surface area contributed by atoms with Gasteiger partial charge >= 0.3 is 12.1 Å². The number of aliphatic carboxylic acids is 1. The van der Waals surface area contributed by atoms with Gasteiger partial charge in [-0.1, -0.05) is 66.7 Å². The fourth-order valence-electron chi connectivity index (χ4n) is 4.54. The van der Waals surface area contributed by atoms with Gasteiger partial charge < -0.3 is 20.1 Å². The number of nitrogens with zero attached hydrogens (tertiary/aromatic N) is 1. The van der Waals surface area contributed by atoms with E-state index < -0.39 is 24.0 Å². The molecule has 35 heavy (non-hydrogen) atoms. The molecule has 0 unspecified atom stereocenters. The number of benzene rings is 3. The maximum atomic E-state index is 13.2. The average Bonchev–Trinajstić information content (AvgIpc) is 3.17. The van der Waals surface area contributed by atoms with Crippen molar-refractivity contribution in [1.82, 2.24) is 5.32 Å². The Morgan fingerprint density at radius 2 is 1.51 bits per heavy atom. The number of carboxylic acid groups (broad SMARTS) is 1. The molecule has 2 N–H and O–H groups in total. The van der Waals surface area contributed by atoms with Crippen LogP contribution in [0.5, 0.6) is 0 Å². The summed E-state index contributed by atoms with van der Waals surface area (Å²) < 4.78 is 5.55. The van der Waals surface area contributed by atoms with E-state index in [-0.39, 0.29) is 25.5 Å². The second kappa shape index (κ2) is 10.4. The fourth-order valence-corrected chi connectivity index (χ4v) is 4.54. The fraction of sp³-hybridized carbons (Fsp3) is 0.250. The third-order valence-electron chi connectivity index (χ3n) is 6.27. The SMILES string of the molecule is Cc1ccccc1N(CCC(=O)O)C(=O)[C@H](C)NC(=O)OCC1c2ccccc2-c2ccccc21. The summed E-state index contributed by atoms with van der Waals surface area (Å²) in [7, 11) is 0. The zero-order valence-electron chi connectivity index (χ0n) is 19.7. The topological polar surface area (TPSA) is 95.9 Å². The molecule has 3 aromatic carbocycles. The van der Waals surface area contributed by atoms with Gasteiger partial charge in [0.15, 0.2) is 0 Å². The average molecular weight is 473 g/mol. The van der Waals surface area contributed by atoms with Crippen molar-refractivity contribution >= 4 is 23.7 Å². The summed E-state index contributed by atoms with van der Waals surface area (Å²) in [6.07, 6.45) is -0.909. The Morgan fingerprint density at radius 3 is 2.11 bits per heavy atom. The van der Waals surface area contributed by atoms with Crippen LogP contribution in [-0.2, 0) is 14.3 Å². The predicted octanol–water partition coefficient (Wildman–Crippen LogP) is 4.73. The first-order valence-electron chi connectivity index (χ1n) is 11.6. The van der Waals surface area contributed by atoms with E-state index in [2.05, 4.69) is 17.4 Å². The lowest BCUT2D eigenvalue weighted by Crippen LogP contribution is -2.48. The van der Waals surface area contributed by atoms with Crippen molar-refractivity contribution in [3.05, 3.63) is 89.5 Å². The summed E-state index contributed by atoms with van der Waals surface area (Å²) >= 11 is 0. The van der Waals surface area contributed by atoms with Crippen LogP contribution in [0.1, 0.15) is 36.0 Å². The number of fused-ring (bicyclic) bond motifs is 3.